The minimum Gasteiger partial charge on any atom is -0.373 e. The zero-order valence-corrected chi connectivity index (χ0v) is 11.6. The maximum absolute atomic E-state index is 12.7. The lowest BCUT2D eigenvalue weighted by Crippen LogP contribution is -2.53. The van der Waals surface area contributed by atoms with Gasteiger partial charge in [-0.05, 0) is 25.0 Å². The van der Waals surface area contributed by atoms with Gasteiger partial charge in [-0.25, -0.2) is 0 Å². The molecule has 1 aliphatic rings. The van der Waals surface area contributed by atoms with Crippen LogP contribution in [-0.4, -0.2) is 42.6 Å². The predicted molar refractivity (Wildman–Crippen MR) is 75.1 cm³/mol. The lowest BCUT2D eigenvalue weighted by molar-refractivity contribution is -0.0426. The molecule has 1 aliphatic heterocycles. The van der Waals surface area contributed by atoms with Gasteiger partial charge in [-0.2, -0.15) is 0 Å². The number of benzene rings is 1. The molecule has 1 amide bonds. The van der Waals surface area contributed by atoms with Crippen LogP contribution in [0.4, 0.5) is 0 Å². The van der Waals surface area contributed by atoms with Gasteiger partial charge in [0, 0.05) is 18.7 Å². The Morgan fingerprint density at radius 2 is 2.21 bits per heavy atom. The molecule has 2 atom stereocenters. The number of nitrogens with two attached hydrogens (primary N) is 1. The molecule has 0 spiro atoms. The van der Waals surface area contributed by atoms with Gasteiger partial charge in [0.25, 0.3) is 5.91 Å². The lowest BCUT2D eigenvalue weighted by atomic mass is 10.0. The van der Waals surface area contributed by atoms with E-state index in [2.05, 4.69) is 6.92 Å². The van der Waals surface area contributed by atoms with Gasteiger partial charge in [-0.15, -0.1) is 0 Å². The topological polar surface area (TPSA) is 55.6 Å². The molecule has 1 saturated heterocycles. The van der Waals surface area contributed by atoms with Crippen molar-refractivity contribution >= 4 is 5.91 Å². The standard InChI is InChI=1S/C15H22N2O2/c1-3-12-6-4-5-7-14(12)15(18)17-9-13(8-16)19-10-11(17)2/h4-7,11,13H,3,8-10,16H2,1-2H3. The third kappa shape index (κ3) is 2.96. The summed E-state index contributed by atoms with van der Waals surface area (Å²) >= 11 is 0. The van der Waals surface area contributed by atoms with Crippen LogP contribution in [0.15, 0.2) is 24.3 Å². The van der Waals surface area contributed by atoms with Crippen molar-refractivity contribution in [3.8, 4) is 0 Å². The van der Waals surface area contributed by atoms with Crippen LogP contribution in [0.25, 0.3) is 0 Å². The second-order valence-electron chi connectivity index (χ2n) is 5.01. The molecule has 2 N–H and O–H groups in total. The first-order valence-corrected chi connectivity index (χ1v) is 6.87. The summed E-state index contributed by atoms with van der Waals surface area (Å²) in [6.07, 6.45) is 0.815. The highest BCUT2D eigenvalue weighted by Gasteiger charge is 2.30. The van der Waals surface area contributed by atoms with Crippen molar-refractivity contribution < 1.29 is 9.53 Å². The van der Waals surface area contributed by atoms with Crippen molar-refractivity contribution in [1.29, 1.82) is 0 Å². The fraction of sp³-hybridized carbons (Fsp3) is 0.533. The zero-order valence-electron chi connectivity index (χ0n) is 11.6. The molecule has 0 saturated carbocycles. The number of nitrogens with zero attached hydrogens (tertiary/aromatic N) is 1. The summed E-state index contributed by atoms with van der Waals surface area (Å²) in [6.45, 7) is 5.67. The molecule has 19 heavy (non-hydrogen) atoms. The highest BCUT2D eigenvalue weighted by molar-refractivity contribution is 5.96. The normalized spacial score (nSPS) is 23.4. The van der Waals surface area contributed by atoms with Crippen LogP contribution in [-0.2, 0) is 11.2 Å². The molecule has 1 aromatic carbocycles. The summed E-state index contributed by atoms with van der Waals surface area (Å²) in [5, 5.41) is 0. The Balaban J connectivity index is 2.22. The van der Waals surface area contributed by atoms with Gasteiger partial charge in [-0.3, -0.25) is 4.79 Å². The Morgan fingerprint density at radius 3 is 2.89 bits per heavy atom. The van der Waals surface area contributed by atoms with E-state index in [4.69, 9.17) is 10.5 Å². The number of morpholine rings is 1. The zero-order chi connectivity index (χ0) is 13.8. The number of amides is 1. The van der Waals surface area contributed by atoms with E-state index in [1.807, 2.05) is 36.1 Å². The van der Waals surface area contributed by atoms with Crippen molar-refractivity contribution in [2.75, 3.05) is 19.7 Å². The average Bonchev–Trinajstić information content (AvgIpc) is 2.47. The van der Waals surface area contributed by atoms with Crippen molar-refractivity contribution in [3.63, 3.8) is 0 Å². The summed E-state index contributed by atoms with van der Waals surface area (Å²) in [4.78, 5) is 14.6. The van der Waals surface area contributed by atoms with Crippen LogP contribution >= 0.6 is 0 Å². The second-order valence-corrected chi connectivity index (χ2v) is 5.01. The molecular formula is C15H22N2O2. The van der Waals surface area contributed by atoms with E-state index in [0.717, 1.165) is 17.5 Å². The van der Waals surface area contributed by atoms with Gasteiger partial charge < -0.3 is 15.4 Å². The van der Waals surface area contributed by atoms with E-state index in [-0.39, 0.29) is 18.1 Å². The van der Waals surface area contributed by atoms with E-state index in [9.17, 15) is 4.79 Å². The number of hydrogen-bond acceptors (Lipinski definition) is 3. The number of rotatable bonds is 3. The predicted octanol–water partition coefficient (Wildman–Crippen LogP) is 1.44. The molecule has 0 aromatic heterocycles. The van der Waals surface area contributed by atoms with Crippen molar-refractivity contribution in [3.05, 3.63) is 35.4 Å². The fourth-order valence-corrected chi connectivity index (χ4v) is 2.43. The summed E-state index contributed by atoms with van der Waals surface area (Å²) in [7, 11) is 0. The summed E-state index contributed by atoms with van der Waals surface area (Å²) in [5.74, 6) is 0.0895. The molecule has 0 bridgehead atoms. The van der Waals surface area contributed by atoms with Crippen LogP contribution in [0.3, 0.4) is 0 Å². The number of carbonyl (C=O) groups excluding carboxylic acids is 1. The lowest BCUT2D eigenvalue weighted by Gasteiger charge is -2.38. The molecule has 4 nitrogen and oxygen atoms in total. The molecule has 0 aliphatic carbocycles. The second kappa shape index (κ2) is 6.17. The average molecular weight is 262 g/mol. The first-order chi connectivity index (χ1) is 9.17. The van der Waals surface area contributed by atoms with Crippen LogP contribution in [0, 0.1) is 0 Å². The van der Waals surface area contributed by atoms with Crippen molar-refractivity contribution in [2.24, 2.45) is 5.73 Å². The van der Waals surface area contributed by atoms with E-state index in [1.54, 1.807) is 0 Å². The molecule has 104 valence electrons. The fourth-order valence-electron chi connectivity index (χ4n) is 2.43. The van der Waals surface area contributed by atoms with Gasteiger partial charge in [0.05, 0.1) is 18.8 Å². The number of ether oxygens (including phenoxy) is 1. The molecule has 0 radical (unpaired) electrons. The van der Waals surface area contributed by atoms with Gasteiger partial charge in [0.2, 0.25) is 0 Å². The largest absolute Gasteiger partial charge is 0.373 e. The number of carbonyl (C=O) groups is 1. The molecule has 2 rings (SSSR count). The van der Waals surface area contributed by atoms with Gasteiger partial charge in [0.15, 0.2) is 0 Å². The molecular weight excluding hydrogens is 240 g/mol. The quantitative estimate of drug-likeness (QED) is 0.896. The van der Waals surface area contributed by atoms with Gasteiger partial charge in [-0.1, -0.05) is 25.1 Å². The smallest absolute Gasteiger partial charge is 0.254 e. The summed E-state index contributed by atoms with van der Waals surface area (Å²) < 4.78 is 5.59. The monoisotopic (exact) mass is 262 g/mol. The Bertz CT molecular complexity index is 448. The molecule has 1 heterocycles. The van der Waals surface area contributed by atoms with Crippen LogP contribution < -0.4 is 5.73 Å². The van der Waals surface area contributed by atoms with E-state index in [1.165, 1.54) is 0 Å². The van der Waals surface area contributed by atoms with Crippen LogP contribution in [0.1, 0.15) is 29.8 Å². The van der Waals surface area contributed by atoms with Crippen LogP contribution in [0.5, 0.6) is 0 Å². The van der Waals surface area contributed by atoms with Crippen molar-refractivity contribution in [2.45, 2.75) is 32.4 Å². The van der Waals surface area contributed by atoms with E-state index < -0.39 is 0 Å². The van der Waals surface area contributed by atoms with Gasteiger partial charge >= 0.3 is 0 Å². The summed E-state index contributed by atoms with van der Waals surface area (Å²) in [6, 6.07) is 7.90. The number of hydrogen-bond donors (Lipinski definition) is 1. The highest BCUT2D eigenvalue weighted by atomic mass is 16.5. The summed E-state index contributed by atoms with van der Waals surface area (Å²) in [5.41, 5.74) is 7.54. The minimum atomic E-state index is -0.0473. The maximum atomic E-state index is 12.7. The first-order valence-electron chi connectivity index (χ1n) is 6.87. The minimum absolute atomic E-state index is 0.0473. The molecule has 1 aromatic rings. The maximum Gasteiger partial charge on any atom is 0.254 e. The Hall–Kier alpha value is -1.39. The van der Waals surface area contributed by atoms with E-state index >= 15 is 0 Å². The van der Waals surface area contributed by atoms with E-state index in [0.29, 0.717) is 19.7 Å². The first kappa shape index (κ1) is 14.0. The third-order valence-electron chi connectivity index (χ3n) is 3.66. The van der Waals surface area contributed by atoms with Crippen LogP contribution in [0.2, 0.25) is 0 Å². The third-order valence-corrected chi connectivity index (χ3v) is 3.66. The van der Waals surface area contributed by atoms with Crippen molar-refractivity contribution in [1.82, 2.24) is 4.90 Å². The highest BCUT2D eigenvalue weighted by Crippen LogP contribution is 2.18. The SMILES string of the molecule is CCc1ccccc1C(=O)N1CC(CN)OCC1C. The number of aryl methyl sites for hydroxylation is 1. The Labute approximate surface area is 114 Å². The molecule has 4 heteroatoms. The Morgan fingerprint density at radius 1 is 1.47 bits per heavy atom. The molecule has 1 fully saturated rings. The Kier molecular flexibility index (Phi) is 4.56. The molecule has 2 unspecified atom stereocenters. The van der Waals surface area contributed by atoms with Gasteiger partial charge in [0.1, 0.15) is 0 Å².